The lowest BCUT2D eigenvalue weighted by Gasteiger charge is -2.28. The number of nitrogens with zero attached hydrogens (tertiary/aromatic N) is 4. The predicted octanol–water partition coefficient (Wildman–Crippen LogP) is 5.60. The average Bonchev–Trinajstić information content (AvgIpc) is 2.92. The SMILES string of the molecule is CCN(CC)CCCN1c2ccccc2CN(c2ccccc2)c2cccnc21. The molecule has 29 heavy (non-hydrogen) atoms. The second-order valence-corrected chi connectivity index (χ2v) is 7.43. The van der Waals surface area contributed by atoms with E-state index in [9.17, 15) is 0 Å². The molecule has 1 aliphatic heterocycles. The highest BCUT2D eigenvalue weighted by Crippen LogP contribution is 2.42. The Morgan fingerprint density at radius 1 is 0.862 bits per heavy atom. The molecule has 2 heterocycles. The maximum Gasteiger partial charge on any atom is 0.157 e. The van der Waals surface area contributed by atoms with Crippen LogP contribution in [-0.4, -0.2) is 36.1 Å². The Bertz CT molecular complexity index is 921. The van der Waals surface area contributed by atoms with Gasteiger partial charge in [0, 0.05) is 24.1 Å². The standard InChI is InChI=1S/C25H30N4/c1-3-27(4-2)18-11-19-28-23-15-9-8-12-21(23)20-29(22-13-6-5-7-14-22)24-16-10-17-26-25(24)28/h5-10,12-17H,3-4,11,18-20H2,1-2H3. The van der Waals surface area contributed by atoms with Gasteiger partial charge in [0.05, 0.1) is 12.2 Å². The molecule has 4 nitrogen and oxygen atoms in total. The van der Waals surface area contributed by atoms with Crippen LogP contribution in [0.2, 0.25) is 0 Å². The molecule has 0 atom stereocenters. The predicted molar refractivity (Wildman–Crippen MR) is 122 cm³/mol. The molecule has 0 N–H and O–H groups in total. The molecule has 3 aromatic rings. The van der Waals surface area contributed by atoms with E-state index in [0.29, 0.717) is 0 Å². The fourth-order valence-corrected chi connectivity index (χ4v) is 4.14. The van der Waals surface area contributed by atoms with Gasteiger partial charge in [0.25, 0.3) is 0 Å². The Kier molecular flexibility index (Phi) is 6.11. The number of hydrogen-bond donors (Lipinski definition) is 0. The van der Waals surface area contributed by atoms with Gasteiger partial charge in [0.15, 0.2) is 5.82 Å². The number of para-hydroxylation sites is 2. The van der Waals surface area contributed by atoms with Crippen LogP contribution < -0.4 is 9.80 Å². The largest absolute Gasteiger partial charge is 0.334 e. The third-order valence-corrected chi connectivity index (χ3v) is 5.74. The molecule has 0 saturated carbocycles. The topological polar surface area (TPSA) is 22.6 Å². The summed E-state index contributed by atoms with van der Waals surface area (Å²) in [5.74, 6) is 1.04. The van der Waals surface area contributed by atoms with Crippen molar-refractivity contribution in [3.63, 3.8) is 0 Å². The molecule has 0 saturated heterocycles. The smallest absolute Gasteiger partial charge is 0.157 e. The molecule has 0 aliphatic carbocycles. The van der Waals surface area contributed by atoms with Crippen LogP contribution in [0.15, 0.2) is 72.9 Å². The van der Waals surface area contributed by atoms with Crippen LogP contribution >= 0.6 is 0 Å². The molecule has 0 fully saturated rings. The van der Waals surface area contributed by atoms with Crippen molar-refractivity contribution in [3.8, 4) is 0 Å². The number of hydrogen-bond acceptors (Lipinski definition) is 4. The molecule has 0 radical (unpaired) electrons. The molecule has 0 bridgehead atoms. The van der Waals surface area contributed by atoms with Gasteiger partial charge in [-0.2, -0.15) is 0 Å². The van der Waals surface area contributed by atoms with Crippen LogP contribution in [0.25, 0.3) is 0 Å². The lowest BCUT2D eigenvalue weighted by Crippen LogP contribution is -2.28. The summed E-state index contributed by atoms with van der Waals surface area (Å²) in [7, 11) is 0. The van der Waals surface area contributed by atoms with Gasteiger partial charge in [-0.05, 0) is 62.0 Å². The zero-order valence-electron chi connectivity index (χ0n) is 17.5. The highest BCUT2D eigenvalue weighted by molar-refractivity contribution is 5.82. The summed E-state index contributed by atoms with van der Waals surface area (Å²) in [5.41, 5.74) is 4.96. The average molecular weight is 387 g/mol. The molecule has 2 aromatic carbocycles. The molecular formula is C25H30N4. The van der Waals surface area contributed by atoms with E-state index in [0.717, 1.165) is 50.6 Å². The van der Waals surface area contributed by atoms with E-state index in [1.165, 1.54) is 16.9 Å². The normalized spacial score (nSPS) is 13.2. The monoisotopic (exact) mass is 386 g/mol. The first-order chi connectivity index (χ1) is 14.3. The van der Waals surface area contributed by atoms with E-state index in [2.05, 4.69) is 89.2 Å². The van der Waals surface area contributed by atoms with Gasteiger partial charge in [-0.1, -0.05) is 50.2 Å². The van der Waals surface area contributed by atoms with Gasteiger partial charge in [0.1, 0.15) is 0 Å². The van der Waals surface area contributed by atoms with Crippen LogP contribution in [-0.2, 0) is 6.54 Å². The summed E-state index contributed by atoms with van der Waals surface area (Å²) in [6.07, 6.45) is 3.02. The van der Waals surface area contributed by atoms with Crippen molar-refractivity contribution >= 4 is 22.9 Å². The Hall–Kier alpha value is -2.85. The maximum atomic E-state index is 4.84. The molecule has 4 rings (SSSR count). The maximum absolute atomic E-state index is 4.84. The Morgan fingerprint density at radius 2 is 1.59 bits per heavy atom. The Balaban J connectivity index is 1.73. The molecule has 0 unspecified atom stereocenters. The lowest BCUT2D eigenvalue weighted by molar-refractivity contribution is 0.301. The van der Waals surface area contributed by atoms with E-state index in [1.807, 2.05) is 12.3 Å². The second kappa shape index (κ2) is 9.10. The van der Waals surface area contributed by atoms with Gasteiger partial charge >= 0.3 is 0 Å². The van der Waals surface area contributed by atoms with Gasteiger partial charge in [0.2, 0.25) is 0 Å². The second-order valence-electron chi connectivity index (χ2n) is 7.43. The van der Waals surface area contributed by atoms with Gasteiger partial charge in [-0.3, -0.25) is 0 Å². The first kappa shape index (κ1) is 19.5. The van der Waals surface area contributed by atoms with Crippen molar-refractivity contribution in [3.05, 3.63) is 78.5 Å². The van der Waals surface area contributed by atoms with Gasteiger partial charge < -0.3 is 14.7 Å². The highest BCUT2D eigenvalue weighted by Gasteiger charge is 2.26. The van der Waals surface area contributed by atoms with Crippen molar-refractivity contribution in [1.82, 2.24) is 9.88 Å². The summed E-state index contributed by atoms with van der Waals surface area (Å²) in [6.45, 7) is 9.58. The fourth-order valence-electron chi connectivity index (χ4n) is 4.14. The van der Waals surface area contributed by atoms with E-state index < -0.39 is 0 Å². The molecule has 1 aliphatic rings. The number of anilines is 4. The lowest BCUT2D eigenvalue weighted by atomic mass is 10.1. The van der Waals surface area contributed by atoms with Gasteiger partial charge in [-0.15, -0.1) is 0 Å². The fraction of sp³-hybridized carbons (Fsp3) is 0.320. The molecule has 150 valence electrons. The molecule has 0 spiro atoms. The zero-order valence-corrected chi connectivity index (χ0v) is 17.5. The number of pyridine rings is 1. The first-order valence-corrected chi connectivity index (χ1v) is 10.7. The van der Waals surface area contributed by atoms with Crippen LogP contribution in [0.1, 0.15) is 25.8 Å². The van der Waals surface area contributed by atoms with Crippen molar-refractivity contribution in [1.29, 1.82) is 0 Å². The quantitative estimate of drug-likeness (QED) is 0.527. The highest BCUT2D eigenvalue weighted by atomic mass is 15.3. The number of benzene rings is 2. The van der Waals surface area contributed by atoms with Crippen LogP contribution in [0.5, 0.6) is 0 Å². The van der Waals surface area contributed by atoms with Crippen LogP contribution in [0.3, 0.4) is 0 Å². The summed E-state index contributed by atoms with van der Waals surface area (Å²) in [5, 5.41) is 0. The summed E-state index contributed by atoms with van der Waals surface area (Å²) in [4.78, 5) is 12.1. The summed E-state index contributed by atoms with van der Waals surface area (Å²) < 4.78 is 0. The van der Waals surface area contributed by atoms with Crippen molar-refractivity contribution in [2.75, 3.05) is 36.0 Å². The van der Waals surface area contributed by atoms with Crippen molar-refractivity contribution in [2.45, 2.75) is 26.8 Å². The number of rotatable bonds is 7. The molecule has 1 aromatic heterocycles. The van der Waals surface area contributed by atoms with E-state index >= 15 is 0 Å². The van der Waals surface area contributed by atoms with E-state index in [4.69, 9.17) is 4.98 Å². The number of fused-ring (bicyclic) bond motifs is 2. The van der Waals surface area contributed by atoms with Crippen LogP contribution in [0.4, 0.5) is 22.9 Å². The Labute approximate surface area is 174 Å². The molecule has 4 heteroatoms. The van der Waals surface area contributed by atoms with Gasteiger partial charge in [-0.25, -0.2) is 4.98 Å². The minimum Gasteiger partial charge on any atom is -0.334 e. The third kappa shape index (κ3) is 4.13. The molecule has 0 amide bonds. The van der Waals surface area contributed by atoms with Crippen molar-refractivity contribution in [2.24, 2.45) is 0 Å². The minimum atomic E-state index is 0.839. The van der Waals surface area contributed by atoms with Crippen LogP contribution in [0, 0.1) is 0 Å². The summed E-state index contributed by atoms with van der Waals surface area (Å²) >= 11 is 0. The van der Waals surface area contributed by atoms with E-state index in [1.54, 1.807) is 0 Å². The Morgan fingerprint density at radius 3 is 2.38 bits per heavy atom. The molecular weight excluding hydrogens is 356 g/mol. The third-order valence-electron chi connectivity index (χ3n) is 5.74. The summed E-state index contributed by atoms with van der Waals surface area (Å²) in [6, 6.07) is 23.6. The van der Waals surface area contributed by atoms with Crippen molar-refractivity contribution < 1.29 is 0 Å². The first-order valence-electron chi connectivity index (χ1n) is 10.7. The zero-order chi connectivity index (χ0) is 20.1. The number of aromatic nitrogens is 1. The van der Waals surface area contributed by atoms with E-state index in [-0.39, 0.29) is 0 Å². The minimum absolute atomic E-state index is 0.839.